The molecule has 0 aromatic carbocycles. The molecule has 0 aliphatic heterocycles. The highest BCUT2D eigenvalue weighted by Crippen LogP contribution is 2.40. The average molecular weight is 244 g/mol. The van der Waals surface area contributed by atoms with Gasteiger partial charge in [-0.1, -0.05) is 19.4 Å². The van der Waals surface area contributed by atoms with E-state index in [4.69, 9.17) is 4.98 Å². The zero-order valence-corrected chi connectivity index (χ0v) is 11.4. The summed E-state index contributed by atoms with van der Waals surface area (Å²) >= 11 is 0. The first kappa shape index (κ1) is 12.2. The van der Waals surface area contributed by atoms with E-state index in [1.807, 2.05) is 6.20 Å². The van der Waals surface area contributed by atoms with Crippen molar-refractivity contribution in [2.75, 3.05) is 6.54 Å². The zero-order chi connectivity index (χ0) is 12.4. The molecule has 1 aromatic heterocycles. The van der Waals surface area contributed by atoms with Crippen LogP contribution in [0.2, 0.25) is 0 Å². The van der Waals surface area contributed by atoms with Gasteiger partial charge in [0.05, 0.1) is 0 Å². The van der Waals surface area contributed by atoms with Crippen LogP contribution in [0.15, 0.2) is 18.3 Å². The molecule has 2 nitrogen and oxygen atoms in total. The minimum atomic E-state index is 0.653. The lowest BCUT2D eigenvalue weighted by atomic mass is 9.70. The van der Waals surface area contributed by atoms with Gasteiger partial charge in [-0.3, -0.25) is 4.98 Å². The van der Waals surface area contributed by atoms with E-state index in [1.54, 1.807) is 0 Å². The van der Waals surface area contributed by atoms with Gasteiger partial charge in [0.2, 0.25) is 0 Å². The lowest BCUT2D eigenvalue weighted by Crippen LogP contribution is -2.45. The van der Waals surface area contributed by atoms with E-state index in [9.17, 15) is 0 Å². The van der Waals surface area contributed by atoms with Gasteiger partial charge >= 0.3 is 0 Å². The standard InChI is InChI=1S/C16H24N2/c1-2-17-15(12-6-3-7-12)14-10-4-8-13-9-5-11-18-16(13)14/h5,9,11-12,14-15,17H,2-4,6-8,10H2,1H3. The molecule has 3 rings (SSSR count). The second-order valence-corrected chi connectivity index (χ2v) is 5.82. The van der Waals surface area contributed by atoms with E-state index in [1.165, 1.54) is 49.8 Å². The minimum Gasteiger partial charge on any atom is -0.313 e. The van der Waals surface area contributed by atoms with E-state index in [2.05, 4.69) is 24.4 Å². The molecule has 2 atom stereocenters. The van der Waals surface area contributed by atoms with Crippen LogP contribution in [0.3, 0.4) is 0 Å². The molecule has 1 heterocycles. The van der Waals surface area contributed by atoms with Crippen LogP contribution in [0.25, 0.3) is 0 Å². The van der Waals surface area contributed by atoms with Gasteiger partial charge in [0.15, 0.2) is 0 Å². The molecule has 98 valence electrons. The molecule has 18 heavy (non-hydrogen) atoms. The van der Waals surface area contributed by atoms with Crippen molar-refractivity contribution in [1.82, 2.24) is 10.3 Å². The molecule has 0 saturated heterocycles. The second-order valence-electron chi connectivity index (χ2n) is 5.82. The molecular formula is C16H24N2. The van der Waals surface area contributed by atoms with E-state index in [-0.39, 0.29) is 0 Å². The maximum absolute atomic E-state index is 4.70. The van der Waals surface area contributed by atoms with E-state index in [0.29, 0.717) is 12.0 Å². The topological polar surface area (TPSA) is 24.9 Å². The third-order valence-corrected chi connectivity index (χ3v) is 4.77. The maximum atomic E-state index is 4.70. The molecule has 1 fully saturated rings. The van der Waals surface area contributed by atoms with Gasteiger partial charge in [0, 0.05) is 23.9 Å². The fraction of sp³-hybridized carbons (Fsp3) is 0.688. The first-order valence-electron chi connectivity index (χ1n) is 7.57. The highest BCUT2D eigenvalue weighted by molar-refractivity contribution is 5.27. The van der Waals surface area contributed by atoms with Crippen molar-refractivity contribution in [1.29, 1.82) is 0 Å². The van der Waals surface area contributed by atoms with E-state index < -0.39 is 0 Å². The minimum absolute atomic E-state index is 0.653. The predicted molar refractivity (Wildman–Crippen MR) is 74.7 cm³/mol. The number of pyridine rings is 1. The number of aryl methyl sites for hydroxylation is 1. The van der Waals surface area contributed by atoms with Gasteiger partial charge in [-0.05, 0) is 56.2 Å². The smallest absolute Gasteiger partial charge is 0.0482 e. The normalized spacial score (nSPS) is 25.3. The molecule has 1 aromatic rings. The number of fused-ring (bicyclic) bond motifs is 1. The van der Waals surface area contributed by atoms with Crippen LogP contribution in [0.4, 0.5) is 0 Å². The first-order chi connectivity index (χ1) is 8.90. The Morgan fingerprint density at radius 3 is 2.94 bits per heavy atom. The highest BCUT2D eigenvalue weighted by Gasteiger charge is 2.36. The molecule has 0 spiro atoms. The van der Waals surface area contributed by atoms with Gasteiger partial charge in [0.1, 0.15) is 0 Å². The van der Waals surface area contributed by atoms with Crippen molar-refractivity contribution >= 4 is 0 Å². The Morgan fingerprint density at radius 2 is 2.22 bits per heavy atom. The molecule has 0 radical (unpaired) electrons. The number of rotatable bonds is 4. The van der Waals surface area contributed by atoms with Gasteiger partial charge in [-0.15, -0.1) is 0 Å². The SMILES string of the molecule is CCNC(C1CCC1)C1CCCc2cccnc21. The van der Waals surface area contributed by atoms with Crippen LogP contribution in [0.1, 0.15) is 56.2 Å². The Hall–Kier alpha value is -0.890. The molecule has 1 N–H and O–H groups in total. The Morgan fingerprint density at radius 1 is 1.33 bits per heavy atom. The Bertz CT molecular complexity index is 398. The summed E-state index contributed by atoms with van der Waals surface area (Å²) in [5.41, 5.74) is 2.89. The Labute approximate surface area is 110 Å². The third-order valence-electron chi connectivity index (χ3n) is 4.77. The molecule has 2 unspecified atom stereocenters. The first-order valence-corrected chi connectivity index (χ1v) is 7.57. The number of nitrogens with one attached hydrogen (secondary N) is 1. The fourth-order valence-corrected chi connectivity index (χ4v) is 3.67. The summed E-state index contributed by atoms with van der Waals surface area (Å²) in [7, 11) is 0. The Balaban J connectivity index is 1.85. The number of aromatic nitrogens is 1. The summed E-state index contributed by atoms with van der Waals surface area (Å²) < 4.78 is 0. The number of hydrogen-bond donors (Lipinski definition) is 1. The maximum Gasteiger partial charge on any atom is 0.0482 e. The summed E-state index contributed by atoms with van der Waals surface area (Å²) in [4.78, 5) is 4.70. The number of nitrogens with zero attached hydrogens (tertiary/aromatic N) is 1. The second kappa shape index (κ2) is 5.40. The average Bonchev–Trinajstić information content (AvgIpc) is 2.35. The summed E-state index contributed by atoms with van der Waals surface area (Å²) in [6, 6.07) is 5.03. The zero-order valence-electron chi connectivity index (χ0n) is 11.4. The molecule has 0 bridgehead atoms. The van der Waals surface area contributed by atoms with Crippen LogP contribution in [-0.4, -0.2) is 17.6 Å². The van der Waals surface area contributed by atoms with Gasteiger partial charge in [0.25, 0.3) is 0 Å². The highest BCUT2D eigenvalue weighted by atomic mass is 14.9. The van der Waals surface area contributed by atoms with Crippen molar-refractivity contribution in [2.24, 2.45) is 5.92 Å². The molecule has 1 saturated carbocycles. The van der Waals surface area contributed by atoms with Crippen molar-refractivity contribution < 1.29 is 0 Å². The molecule has 2 aliphatic rings. The van der Waals surface area contributed by atoms with Crippen molar-refractivity contribution in [3.8, 4) is 0 Å². The summed E-state index contributed by atoms with van der Waals surface area (Å²) in [6.45, 7) is 3.31. The molecule has 0 amide bonds. The van der Waals surface area contributed by atoms with Crippen LogP contribution in [-0.2, 0) is 6.42 Å². The van der Waals surface area contributed by atoms with Crippen LogP contribution in [0.5, 0.6) is 0 Å². The van der Waals surface area contributed by atoms with Crippen molar-refractivity contribution in [2.45, 2.75) is 57.4 Å². The lowest BCUT2D eigenvalue weighted by Gasteiger charge is -2.41. The van der Waals surface area contributed by atoms with Gasteiger partial charge < -0.3 is 5.32 Å². The Kier molecular flexibility index (Phi) is 3.64. The predicted octanol–water partition coefficient (Wildman–Crippen LogP) is 3.28. The molecule has 2 heteroatoms. The third kappa shape index (κ3) is 2.18. The summed E-state index contributed by atoms with van der Waals surface area (Å²) in [5, 5.41) is 3.76. The largest absolute Gasteiger partial charge is 0.313 e. The van der Waals surface area contributed by atoms with Gasteiger partial charge in [-0.2, -0.15) is 0 Å². The van der Waals surface area contributed by atoms with Crippen molar-refractivity contribution in [3.05, 3.63) is 29.6 Å². The van der Waals surface area contributed by atoms with Crippen LogP contribution < -0.4 is 5.32 Å². The van der Waals surface area contributed by atoms with Gasteiger partial charge in [-0.25, -0.2) is 0 Å². The monoisotopic (exact) mass is 244 g/mol. The fourth-order valence-electron chi connectivity index (χ4n) is 3.67. The van der Waals surface area contributed by atoms with Crippen LogP contribution in [0, 0.1) is 5.92 Å². The summed E-state index contributed by atoms with van der Waals surface area (Å²) in [5.74, 6) is 1.54. The number of hydrogen-bond acceptors (Lipinski definition) is 2. The molecular weight excluding hydrogens is 220 g/mol. The molecule has 2 aliphatic carbocycles. The van der Waals surface area contributed by atoms with Crippen LogP contribution >= 0.6 is 0 Å². The number of likely N-dealkylation sites (N-methyl/N-ethyl adjacent to an activating group) is 1. The van der Waals surface area contributed by atoms with Crippen molar-refractivity contribution in [3.63, 3.8) is 0 Å². The lowest BCUT2D eigenvalue weighted by molar-refractivity contribution is 0.194. The summed E-state index contributed by atoms with van der Waals surface area (Å²) in [6.07, 6.45) is 10.1. The van der Waals surface area contributed by atoms with E-state index in [0.717, 1.165) is 12.5 Å². The van der Waals surface area contributed by atoms with E-state index >= 15 is 0 Å². The quantitative estimate of drug-likeness (QED) is 0.879.